The van der Waals surface area contributed by atoms with E-state index in [1.54, 1.807) is 0 Å². The standard InChI is InChI=1S/C12H22N2O2.ClH/c1-4-10(11-6-5-7-13-11)14-9(2)8-12(15)16-3;/h8,10-11,13-14H,4-7H2,1-3H3;1H/b9-8-;. The van der Waals surface area contributed by atoms with Crippen molar-refractivity contribution in [2.45, 2.75) is 45.2 Å². The molecular formula is C12H23ClN2O2. The van der Waals surface area contributed by atoms with Crippen molar-refractivity contribution in [2.75, 3.05) is 13.7 Å². The highest BCUT2D eigenvalue weighted by Gasteiger charge is 2.22. The molecule has 2 unspecified atom stereocenters. The number of rotatable bonds is 5. The summed E-state index contributed by atoms with van der Waals surface area (Å²) in [6.07, 6.45) is 4.99. The summed E-state index contributed by atoms with van der Waals surface area (Å²) in [5.41, 5.74) is 0.868. The van der Waals surface area contributed by atoms with E-state index in [0.29, 0.717) is 12.1 Å². The number of hydrogen-bond donors (Lipinski definition) is 2. The SMILES string of the molecule is CCC(N/C(C)=C\C(=O)OC)C1CCCN1.Cl. The van der Waals surface area contributed by atoms with Crippen molar-refractivity contribution in [3.8, 4) is 0 Å². The average molecular weight is 263 g/mol. The topological polar surface area (TPSA) is 50.4 Å². The van der Waals surface area contributed by atoms with E-state index in [1.807, 2.05) is 6.92 Å². The second-order valence-corrected chi connectivity index (χ2v) is 4.21. The molecule has 4 nitrogen and oxygen atoms in total. The number of allylic oxidation sites excluding steroid dienone is 1. The largest absolute Gasteiger partial charge is 0.466 e. The molecule has 5 heteroatoms. The highest BCUT2D eigenvalue weighted by molar-refractivity contribution is 5.85. The normalized spacial score (nSPS) is 21.6. The average Bonchev–Trinajstić information content (AvgIpc) is 2.79. The Kier molecular flexibility index (Phi) is 8.00. The molecule has 100 valence electrons. The van der Waals surface area contributed by atoms with Gasteiger partial charge in [0, 0.05) is 23.9 Å². The number of halogens is 1. The molecule has 0 spiro atoms. The number of nitrogens with one attached hydrogen (secondary N) is 2. The first-order valence-electron chi connectivity index (χ1n) is 5.93. The molecule has 1 aliphatic rings. The molecule has 1 saturated heterocycles. The molecule has 1 heterocycles. The smallest absolute Gasteiger partial charge is 0.332 e. The summed E-state index contributed by atoms with van der Waals surface area (Å²) in [5.74, 6) is -0.306. The van der Waals surface area contributed by atoms with Gasteiger partial charge < -0.3 is 15.4 Å². The summed E-state index contributed by atoms with van der Waals surface area (Å²) in [6, 6.07) is 0.911. The first-order chi connectivity index (χ1) is 7.67. The van der Waals surface area contributed by atoms with Gasteiger partial charge in [0.1, 0.15) is 0 Å². The van der Waals surface area contributed by atoms with Gasteiger partial charge in [-0.25, -0.2) is 4.79 Å². The van der Waals surface area contributed by atoms with Gasteiger partial charge in [0.05, 0.1) is 7.11 Å². The lowest BCUT2D eigenvalue weighted by Gasteiger charge is -2.25. The van der Waals surface area contributed by atoms with Crippen LogP contribution in [-0.2, 0) is 9.53 Å². The fourth-order valence-electron chi connectivity index (χ4n) is 2.11. The van der Waals surface area contributed by atoms with Crippen molar-refractivity contribution in [2.24, 2.45) is 0 Å². The summed E-state index contributed by atoms with van der Waals surface area (Å²) in [7, 11) is 1.39. The minimum absolute atomic E-state index is 0. The van der Waals surface area contributed by atoms with Crippen LogP contribution in [0.25, 0.3) is 0 Å². The van der Waals surface area contributed by atoms with Crippen LogP contribution in [-0.4, -0.2) is 31.7 Å². The Hall–Kier alpha value is -0.740. The maximum absolute atomic E-state index is 11.1. The van der Waals surface area contributed by atoms with Crippen LogP contribution in [0.3, 0.4) is 0 Å². The van der Waals surface area contributed by atoms with Gasteiger partial charge in [-0.1, -0.05) is 6.92 Å². The number of hydrogen-bond acceptors (Lipinski definition) is 4. The zero-order chi connectivity index (χ0) is 12.0. The van der Waals surface area contributed by atoms with Crippen LogP contribution < -0.4 is 10.6 Å². The Balaban J connectivity index is 0.00000256. The van der Waals surface area contributed by atoms with Crippen molar-refractivity contribution in [1.29, 1.82) is 0 Å². The third kappa shape index (κ3) is 5.41. The predicted octanol–water partition coefficient (Wildman–Crippen LogP) is 1.61. The highest BCUT2D eigenvalue weighted by atomic mass is 35.5. The van der Waals surface area contributed by atoms with E-state index in [4.69, 9.17) is 0 Å². The molecule has 0 bridgehead atoms. The Morgan fingerprint density at radius 2 is 2.35 bits per heavy atom. The van der Waals surface area contributed by atoms with Crippen LogP contribution in [0.4, 0.5) is 0 Å². The van der Waals surface area contributed by atoms with Gasteiger partial charge in [-0.15, -0.1) is 12.4 Å². The van der Waals surface area contributed by atoms with Crippen molar-refractivity contribution in [3.63, 3.8) is 0 Å². The van der Waals surface area contributed by atoms with E-state index < -0.39 is 0 Å². The Morgan fingerprint density at radius 1 is 1.65 bits per heavy atom. The monoisotopic (exact) mass is 262 g/mol. The van der Waals surface area contributed by atoms with Gasteiger partial charge in [0.15, 0.2) is 0 Å². The molecule has 0 aromatic carbocycles. The van der Waals surface area contributed by atoms with Crippen molar-refractivity contribution in [3.05, 3.63) is 11.8 Å². The van der Waals surface area contributed by atoms with E-state index in [1.165, 1.54) is 26.0 Å². The lowest BCUT2D eigenvalue weighted by atomic mass is 10.0. The van der Waals surface area contributed by atoms with Crippen LogP contribution in [0.1, 0.15) is 33.1 Å². The maximum Gasteiger partial charge on any atom is 0.332 e. The van der Waals surface area contributed by atoms with E-state index in [0.717, 1.165) is 18.7 Å². The van der Waals surface area contributed by atoms with Crippen molar-refractivity contribution >= 4 is 18.4 Å². The first-order valence-corrected chi connectivity index (χ1v) is 5.93. The number of methoxy groups -OCH3 is 1. The molecule has 0 aliphatic carbocycles. The van der Waals surface area contributed by atoms with E-state index in [9.17, 15) is 4.79 Å². The zero-order valence-electron chi connectivity index (χ0n) is 10.8. The zero-order valence-corrected chi connectivity index (χ0v) is 11.6. The number of esters is 1. The summed E-state index contributed by atoms with van der Waals surface area (Å²) < 4.78 is 4.59. The summed E-state index contributed by atoms with van der Waals surface area (Å²) in [6.45, 7) is 5.15. The van der Waals surface area contributed by atoms with E-state index in [2.05, 4.69) is 22.3 Å². The van der Waals surface area contributed by atoms with Gasteiger partial charge >= 0.3 is 5.97 Å². The lowest BCUT2D eigenvalue weighted by molar-refractivity contribution is -0.134. The molecule has 17 heavy (non-hydrogen) atoms. The molecule has 0 saturated carbocycles. The molecule has 0 radical (unpaired) electrons. The third-order valence-corrected chi connectivity index (χ3v) is 2.97. The fraction of sp³-hybridized carbons (Fsp3) is 0.750. The van der Waals surface area contributed by atoms with Gasteiger partial charge in [-0.3, -0.25) is 0 Å². The van der Waals surface area contributed by atoms with Gasteiger partial charge in [-0.05, 0) is 32.7 Å². The number of carbonyl (C=O) groups is 1. The summed E-state index contributed by atoms with van der Waals surface area (Å²) in [4.78, 5) is 11.1. The summed E-state index contributed by atoms with van der Waals surface area (Å²) >= 11 is 0. The van der Waals surface area contributed by atoms with Gasteiger partial charge in [0.25, 0.3) is 0 Å². The Morgan fingerprint density at radius 3 is 2.82 bits per heavy atom. The van der Waals surface area contributed by atoms with Gasteiger partial charge in [-0.2, -0.15) is 0 Å². The molecule has 2 N–H and O–H groups in total. The van der Waals surface area contributed by atoms with Crippen molar-refractivity contribution in [1.82, 2.24) is 10.6 Å². The fourth-order valence-corrected chi connectivity index (χ4v) is 2.11. The van der Waals surface area contributed by atoms with E-state index in [-0.39, 0.29) is 18.4 Å². The minimum atomic E-state index is -0.306. The molecular weight excluding hydrogens is 240 g/mol. The third-order valence-electron chi connectivity index (χ3n) is 2.97. The molecule has 2 atom stereocenters. The Bertz CT molecular complexity index is 263. The molecule has 0 aromatic heterocycles. The summed E-state index contributed by atoms with van der Waals surface area (Å²) in [5, 5.41) is 6.85. The Labute approximate surface area is 110 Å². The second-order valence-electron chi connectivity index (χ2n) is 4.21. The van der Waals surface area contributed by atoms with Gasteiger partial charge in [0.2, 0.25) is 0 Å². The lowest BCUT2D eigenvalue weighted by Crippen LogP contribution is -2.43. The predicted molar refractivity (Wildman–Crippen MR) is 71.3 cm³/mol. The molecule has 0 amide bonds. The van der Waals surface area contributed by atoms with E-state index >= 15 is 0 Å². The maximum atomic E-state index is 11.1. The van der Waals surface area contributed by atoms with Crippen LogP contribution in [0.15, 0.2) is 11.8 Å². The highest BCUT2D eigenvalue weighted by Crippen LogP contribution is 2.12. The molecule has 0 aromatic rings. The minimum Gasteiger partial charge on any atom is -0.466 e. The van der Waals surface area contributed by atoms with Crippen LogP contribution in [0, 0.1) is 0 Å². The van der Waals surface area contributed by atoms with Crippen LogP contribution >= 0.6 is 12.4 Å². The van der Waals surface area contributed by atoms with Crippen molar-refractivity contribution < 1.29 is 9.53 Å². The molecule has 1 rings (SSSR count). The molecule has 1 fully saturated rings. The van der Waals surface area contributed by atoms with Crippen LogP contribution in [0.2, 0.25) is 0 Å². The number of carbonyl (C=O) groups excluding carboxylic acids is 1. The number of ether oxygens (including phenoxy) is 1. The quantitative estimate of drug-likeness (QED) is 0.584. The van der Waals surface area contributed by atoms with Crippen LogP contribution in [0.5, 0.6) is 0 Å². The second kappa shape index (κ2) is 8.37. The molecule has 1 aliphatic heterocycles. The first kappa shape index (κ1) is 16.3.